The zero-order valence-electron chi connectivity index (χ0n) is 11.4. The molecule has 1 aromatic rings. The van der Waals surface area contributed by atoms with Crippen molar-refractivity contribution in [2.45, 2.75) is 20.3 Å². The maximum absolute atomic E-state index is 11.9. The predicted molar refractivity (Wildman–Crippen MR) is 71.5 cm³/mol. The van der Waals surface area contributed by atoms with Crippen LogP contribution < -0.4 is 10.1 Å². The quantitative estimate of drug-likeness (QED) is 0.823. The van der Waals surface area contributed by atoms with E-state index in [-0.39, 0.29) is 5.91 Å². The number of amides is 1. The van der Waals surface area contributed by atoms with Crippen molar-refractivity contribution < 1.29 is 19.4 Å². The highest BCUT2D eigenvalue weighted by Gasteiger charge is 2.12. The molecule has 0 spiro atoms. The second-order valence-electron chi connectivity index (χ2n) is 4.47. The Morgan fingerprint density at radius 3 is 2.68 bits per heavy atom. The van der Waals surface area contributed by atoms with Crippen molar-refractivity contribution in [3.05, 3.63) is 29.3 Å². The Hall–Kier alpha value is -2.04. The van der Waals surface area contributed by atoms with E-state index in [9.17, 15) is 9.59 Å². The molecule has 1 aromatic carbocycles. The number of rotatable bonds is 6. The molecule has 1 atom stereocenters. The maximum Gasteiger partial charge on any atom is 0.306 e. The second-order valence-corrected chi connectivity index (χ2v) is 4.47. The summed E-state index contributed by atoms with van der Waals surface area (Å²) in [6, 6.07) is 5.20. The summed E-state index contributed by atoms with van der Waals surface area (Å²) in [5.74, 6) is -0.887. The van der Waals surface area contributed by atoms with Gasteiger partial charge in [-0.25, -0.2) is 0 Å². The maximum atomic E-state index is 11.9. The number of carbonyl (C=O) groups is 2. The first-order valence-electron chi connectivity index (χ1n) is 6.11. The number of nitrogens with one attached hydrogen (secondary N) is 1. The fourth-order valence-electron chi connectivity index (χ4n) is 1.59. The van der Waals surface area contributed by atoms with Crippen LogP contribution in [-0.4, -0.2) is 30.6 Å². The van der Waals surface area contributed by atoms with Crippen molar-refractivity contribution in [3.8, 4) is 5.75 Å². The normalized spacial score (nSPS) is 11.7. The number of aryl methyl sites for hydroxylation is 1. The third kappa shape index (κ3) is 4.28. The highest BCUT2D eigenvalue weighted by molar-refractivity contribution is 5.94. The van der Waals surface area contributed by atoms with Gasteiger partial charge in [0.05, 0.1) is 13.0 Å². The lowest BCUT2D eigenvalue weighted by Gasteiger charge is -2.10. The van der Waals surface area contributed by atoms with Gasteiger partial charge in [0.1, 0.15) is 5.75 Å². The molecule has 0 saturated heterocycles. The van der Waals surface area contributed by atoms with Crippen LogP contribution in [0.1, 0.15) is 29.3 Å². The summed E-state index contributed by atoms with van der Waals surface area (Å²) in [6.07, 6.45) is 0.407. The number of hydrogen-bond acceptors (Lipinski definition) is 3. The summed E-state index contributed by atoms with van der Waals surface area (Å²) in [6.45, 7) is 3.85. The van der Waals surface area contributed by atoms with Gasteiger partial charge in [0.25, 0.3) is 5.91 Å². The number of hydrogen-bond donors (Lipinski definition) is 2. The molecule has 5 heteroatoms. The van der Waals surface area contributed by atoms with Crippen molar-refractivity contribution in [1.29, 1.82) is 0 Å². The highest BCUT2D eigenvalue weighted by atomic mass is 16.5. The van der Waals surface area contributed by atoms with Gasteiger partial charge in [0.15, 0.2) is 0 Å². The number of benzene rings is 1. The summed E-state index contributed by atoms with van der Waals surface area (Å²) < 4.78 is 5.15. The molecule has 0 aromatic heterocycles. The lowest BCUT2D eigenvalue weighted by molar-refractivity contribution is -0.141. The van der Waals surface area contributed by atoms with Gasteiger partial charge in [0, 0.05) is 12.1 Å². The molecule has 19 heavy (non-hydrogen) atoms. The lowest BCUT2D eigenvalue weighted by Crippen LogP contribution is -2.27. The number of carboxylic acids is 1. The Balaban J connectivity index is 2.56. The van der Waals surface area contributed by atoms with Gasteiger partial charge in [-0.15, -0.1) is 0 Å². The largest absolute Gasteiger partial charge is 0.496 e. The first-order valence-corrected chi connectivity index (χ1v) is 6.11. The molecule has 2 N–H and O–H groups in total. The molecular weight excluding hydrogens is 246 g/mol. The predicted octanol–water partition coefficient (Wildman–Crippen LogP) is 1.84. The minimum Gasteiger partial charge on any atom is -0.496 e. The SMILES string of the molecule is COc1cc(C(=O)NCCC(C)C(=O)O)ccc1C. The number of carboxylic acid groups (broad SMARTS) is 1. The molecule has 0 radical (unpaired) electrons. The minimum atomic E-state index is -0.855. The summed E-state index contributed by atoms with van der Waals surface area (Å²) >= 11 is 0. The van der Waals surface area contributed by atoms with Crippen LogP contribution >= 0.6 is 0 Å². The van der Waals surface area contributed by atoms with Gasteiger partial charge in [0.2, 0.25) is 0 Å². The van der Waals surface area contributed by atoms with Gasteiger partial charge in [-0.2, -0.15) is 0 Å². The van der Waals surface area contributed by atoms with Gasteiger partial charge in [-0.1, -0.05) is 13.0 Å². The van der Waals surface area contributed by atoms with Crippen LogP contribution in [0, 0.1) is 12.8 Å². The van der Waals surface area contributed by atoms with Gasteiger partial charge >= 0.3 is 5.97 Å². The zero-order valence-corrected chi connectivity index (χ0v) is 11.4. The van der Waals surface area contributed by atoms with E-state index in [0.717, 1.165) is 5.56 Å². The molecule has 5 nitrogen and oxygen atoms in total. The summed E-state index contributed by atoms with van der Waals surface area (Å²) in [5, 5.41) is 11.4. The van der Waals surface area contributed by atoms with Crippen LogP contribution in [0.15, 0.2) is 18.2 Å². The van der Waals surface area contributed by atoms with Crippen LogP contribution in [0.4, 0.5) is 0 Å². The monoisotopic (exact) mass is 265 g/mol. The zero-order chi connectivity index (χ0) is 14.4. The molecule has 0 saturated carbocycles. The first-order chi connectivity index (χ1) is 8.95. The number of aliphatic carboxylic acids is 1. The Labute approximate surface area is 112 Å². The van der Waals surface area contributed by atoms with E-state index in [0.29, 0.717) is 24.3 Å². The molecule has 1 rings (SSSR count). The molecule has 0 aliphatic rings. The first kappa shape index (κ1) is 15.0. The van der Waals surface area contributed by atoms with Crippen LogP contribution in [0.25, 0.3) is 0 Å². The Morgan fingerprint density at radius 2 is 2.11 bits per heavy atom. The van der Waals surface area contributed by atoms with E-state index in [1.54, 1.807) is 26.2 Å². The van der Waals surface area contributed by atoms with Crippen molar-refractivity contribution in [1.82, 2.24) is 5.32 Å². The van der Waals surface area contributed by atoms with Crippen molar-refractivity contribution >= 4 is 11.9 Å². The van der Waals surface area contributed by atoms with Gasteiger partial charge < -0.3 is 15.2 Å². The molecule has 1 amide bonds. The van der Waals surface area contributed by atoms with Crippen LogP contribution in [0.3, 0.4) is 0 Å². The standard InChI is InChI=1S/C14H19NO4/c1-9-4-5-11(8-12(9)19-3)13(16)15-7-6-10(2)14(17)18/h4-5,8,10H,6-7H2,1-3H3,(H,15,16)(H,17,18). The van der Waals surface area contributed by atoms with Crippen molar-refractivity contribution in [2.24, 2.45) is 5.92 Å². The van der Waals surface area contributed by atoms with E-state index < -0.39 is 11.9 Å². The Bertz CT molecular complexity index is 471. The highest BCUT2D eigenvalue weighted by Crippen LogP contribution is 2.18. The van der Waals surface area contributed by atoms with E-state index in [1.807, 2.05) is 13.0 Å². The van der Waals surface area contributed by atoms with E-state index in [4.69, 9.17) is 9.84 Å². The smallest absolute Gasteiger partial charge is 0.306 e. The Morgan fingerprint density at radius 1 is 1.42 bits per heavy atom. The molecule has 0 fully saturated rings. The fraction of sp³-hybridized carbons (Fsp3) is 0.429. The number of carbonyl (C=O) groups excluding carboxylic acids is 1. The second kappa shape index (κ2) is 6.78. The molecule has 0 aliphatic heterocycles. The topological polar surface area (TPSA) is 75.6 Å². The third-order valence-corrected chi connectivity index (χ3v) is 2.95. The molecule has 0 heterocycles. The van der Waals surface area contributed by atoms with Crippen LogP contribution in [-0.2, 0) is 4.79 Å². The summed E-state index contributed by atoms with van der Waals surface area (Å²) in [7, 11) is 1.55. The molecule has 0 bridgehead atoms. The lowest BCUT2D eigenvalue weighted by atomic mass is 10.1. The Kier molecular flexibility index (Phi) is 5.36. The van der Waals surface area contributed by atoms with E-state index in [1.165, 1.54) is 0 Å². The molecule has 0 aliphatic carbocycles. The average molecular weight is 265 g/mol. The van der Waals surface area contributed by atoms with E-state index >= 15 is 0 Å². The average Bonchev–Trinajstić information content (AvgIpc) is 2.38. The fourth-order valence-corrected chi connectivity index (χ4v) is 1.59. The summed E-state index contributed by atoms with van der Waals surface area (Å²) in [5.41, 5.74) is 1.46. The number of methoxy groups -OCH3 is 1. The molecule has 1 unspecified atom stereocenters. The van der Waals surface area contributed by atoms with Gasteiger partial charge in [-0.3, -0.25) is 9.59 Å². The van der Waals surface area contributed by atoms with Crippen LogP contribution in [0.5, 0.6) is 5.75 Å². The molecular formula is C14H19NO4. The number of ether oxygens (including phenoxy) is 1. The van der Waals surface area contributed by atoms with E-state index in [2.05, 4.69) is 5.32 Å². The van der Waals surface area contributed by atoms with Crippen molar-refractivity contribution in [2.75, 3.05) is 13.7 Å². The van der Waals surface area contributed by atoms with Crippen LogP contribution in [0.2, 0.25) is 0 Å². The van der Waals surface area contributed by atoms with Gasteiger partial charge in [-0.05, 0) is 31.0 Å². The minimum absolute atomic E-state index is 0.226. The third-order valence-electron chi connectivity index (χ3n) is 2.95. The van der Waals surface area contributed by atoms with Crippen molar-refractivity contribution in [3.63, 3.8) is 0 Å². The summed E-state index contributed by atoms with van der Waals surface area (Å²) in [4.78, 5) is 22.5. The molecule has 104 valence electrons.